The van der Waals surface area contributed by atoms with Gasteiger partial charge in [-0.2, -0.15) is 5.26 Å². The number of nitrogens with one attached hydrogen (secondary N) is 4. The Morgan fingerprint density at radius 2 is 1.66 bits per heavy atom. The van der Waals surface area contributed by atoms with Crippen LogP contribution >= 0.6 is 0 Å². The lowest BCUT2D eigenvalue weighted by Crippen LogP contribution is -2.51. The van der Waals surface area contributed by atoms with E-state index >= 15 is 0 Å². The normalized spacial score (nSPS) is 15.7. The molecule has 5 amide bonds. The number of aryl methyl sites for hydroxylation is 2. The van der Waals surface area contributed by atoms with E-state index in [4.69, 9.17) is 31.9 Å². The van der Waals surface area contributed by atoms with Crippen molar-refractivity contribution in [3.63, 3.8) is 0 Å². The van der Waals surface area contributed by atoms with Crippen LogP contribution in [0.25, 0.3) is 11.1 Å². The van der Waals surface area contributed by atoms with Gasteiger partial charge in [0, 0.05) is 55.7 Å². The maximum Gasteiger partial charge on any atom is 0.247 e. The van der Waals surface area contributed by atoms with Gasteiger partial charge >= 0.3 is 0 Å². The fraction of sp³-hybridized carbons (Fsp3) is 0.442. The number of hydrogen-bond acceptors (Lipinski definition) is 11. The number of fused-ring (bicyclic) bond motifs is 5. The van der Waals surface area contributed by atoms with Gasteiger partial charge in [0.1, 0.15) is 43.3 Å². The predicted octanol–water partition coefficient (Wildman–Crippen LogP) is 1.97. The van der Waals surface area contributed by atoms with Gasteiger partial charge in [0.25, 0.3) is 0 Å². The molecular weight excluding hydrogens is 755 g/mol. The molecule has 0 spiro atoms. The summed E-state index contributed by atoms with van der Waals surface area (Å²) in [5.74, 6) is -2.97. The zero-order valence-electron chi connectivity index (χ0n) is 34.1. The molecule has 0 saturated heterocycles. The summed E-state index contributed by atoms with van der Waals surface area (Å²) in [6.45, 7) is 4.08. The molecular formula is C43H57N9O7. The van der Waals surface area contributed by atoms with Gasteiger partial charge in [-0.05, 0) is 85.3 Å². The van der Waals surface area contributed by atoms with Crippen molar-refractivity contribution < 1.29 is 33.4 Å². The minimum absolute atomic E-state index is 0.0274. The minimum atomic E-state index is -1.31. The van der Waals surface area contributed by atoms with Gasteiger partial charge in [-0.25, -0.2) is 0 Å². The molecule has 3 atom stereocenters. The van der Waals surface area contributed by atoms with Gasteiger partial charge in [-0.3, -0.25) is 24.0 Å². The summed E-state index contributed by atoms with van der Waals surface area (Å²) in [6, 6.07) is 15.6. The van der Waals surface area contributed by atoms with Crippen LogP contribution in [0.5, 0.6) is 11.5 Å². The summed E-state index contributed by atoms with van der Waals surface area (Å²) in [4.78, 5) is 69.9. The Morgan fingerprint density at radius 3 is 2.31 bits per heavy atom. The Hall–Kier alpha value is -6.02. The van der Waals surface area contributed by atoms with Gasteiger partial charge in [0.05, 0.1) is 12.6 Å². The molecule has 1 aliphatic rings. The molecule has 4 rings (SSSR count). The Kier molecular flexibility index (Phi) is 17.7. The molecule has 0 aromatic heterocycles. The Morgan fingerprint density at radius 1 is 0.966 bits per heavy atom. The van der Waals surface area contributed by atoms with Crippen molar-refractivity contribution in [3.8, 4) is 28.7 Å². The van der Waals surface area contributed by atoms with E-state index in [9.17, 15) is 24.0 Å². The Balaban J connectivity index is 1.77. The van der Waals surface area contributed by atoms with Crippen molar-refractivity contribution in [1.82, 2.24) is 20.9 Å². The summed E-state index contributed by atoms with van der Waals surface area (Å²) >= 11 is 0. The zero-order valence-corrected chi connectivity index (χ0v) is 34.1. The Bertz CT molecular complexity index is 2000. The molecule has 3 aromatic rings. The van der Waals surface area contributed by atoms with Crippen LogP contribution < -0.4 is 47.9 Å². The molecule has 1 heterocycles. The maximum absolute atomic E-state index is 14.4. The van der Waals surface area contributed by atoms with E-state index in [1.165, 1.54) is 17.5 Å². The number of ether oxygens (including phenoxy) is 2. The average Bonchev–Trinajstić information content (AvgIpc) is 3.22. The smallest absolute Gasteiger partial charge is 0.247 e. The van der Waals surface area contributed by atoms with Crippen molar-refractivity contribution in [2.45, 2.75) is 64.5 Å². The Labute approximate surface area is 345 Å². The number of carbonyl (C=O) groups excluding carboxylic acids is 5. The standard InChI is InChI=1S/C43H57N9O7/c1-4-5-6-28-7-10-34(27(2)21-28)50-38(53)25-31(13-14-44)43(57)52(3)40-30-9-12-37(59-20-17-47)33(24-30)32-22-29(8-11-36(32)58-19-16-46)23-35(41(55)48-18-15-45)51-39(54)26-49-42(40)56/h7-12,21-22,24,31,35,40H,4-6,13-14,16-20,23,25-26,44,46-47H2,1-3H3,(H,48,55)(H,49,56)(H,50,53)(H,51,54). The summed E-state index contributed by atoms with van der Waals surface area (Å²) in [6.07, 6.45) is 3.05. The van der Waals surface area contributed by atoms with E-state index in [1.54, 1.807) is 36.4 Å². The molecule has 316 valence electrons. The van der Waals surface area contributed by atoms with Gasteiger partial charge < -0.3 is 52.8 Å². The van der Waals surface area contributed by atoms with Crippen LogP contribution in [0.3, 0.4) is 0 Å². The number of amides is 5. The topological polar surface area (TPSA) is 257 Å². The van der Waals surface area contributed by atoms with E-state index in [-0.39, 0.29) is 64.6 Å². The van der Waals surface area contributed by atoms with E-state index in [0.717, 1.165) is 24.8 Å². The second kappa shape index (κ2) is 22.8. The largest absolute Gasteiger partial charge is 0.492 e. The summed E-state index contributed by atoms with van der Waals surface area (Å²) < 4.78 is 12.1. The van der Waals surface area contributed by atoms with Crippen molar-refractivity contribution in [3.05, 3.63) is 76.9 Å². The first kappa shape index (κ1) is 45.7. The molecule has 59 heavy (non-hydrogen) atoms. The van der Waals surface area contributed by atoms with Crippen molar-refractivity contribution in [1.29, 1.82) is 5.26 Å². The summed E-state index contributed by atoms with van der Waals surface area (Å²) in [7, 11) is 1.46. The third kappa shape index (κ3) is 12.7. The van der Waals surface area contributed by atoms with Crippen molar-refractivity contribution in [2.24, 2.45) is 23.1 Å². The van der Waals surface area contributed by atoms with Gasteiger partial charge in [-0.1, -0.05) is 37.6 Å². The first-order chi connectivity index (χ1) is 28.4. The maximum atomic E-state index is 14.4. The fourth-order valence-corrected chi connectivity index (χ4v) is 6.94. The van der Waals surface area contributed by atoms with Gasteiger partial charge in [-0.15, -0.1) is 0 Å². The number of nitrogens with two attached hydrogens (primary N) is 3. The average molecular weight is 812 g/mol. The molecule has 16 nitrogen and oxygen atoms in total. The number of anilines is 1. The molecule has 3 aromatic carbocycles. The third-order valence-electron chi connectivity index (χ3n) is 9.92. The van der Waals surface area contributed by atoms with Gasteiger partial charge in [0.2, 0.25) is 29.5 Å². The fourth-order valence-electron chi connectivity index (χ4n) is 6.94. The van der Waals surface area contributed by atoms with Crippen LogP contribution in [-0.4, -0.2) is 93.5 Å². The summed E-state index contributed by atoms with van der Waals surface area (Å²) in [5, 5.41) is 19.8. The van der Waals surface area contributed by atoms with Crippen LogP contribution in [0, 0.1) is 24.2 Å². The van der Waals surface area contributed by atoms with Gasteiger partial charge in [0.15, 0.2) is 0 Å². The number of hydrogen-bond donors (Lipinski definition) is 7. The zero-order chi connectivity index (χ0) is 42.9. The highest BCUT2D eigenvalue weighted by Gasteiger charge is 2.35. The lowest BCUT2D eigenvalue weighted by atomic mass is 9.92. The molecule has 0 aliphatic carbocycles. The van der Waals surface area contributed by atoms with Crippen LogP contribution in [0.2, 0.25) is 0 Å². The first-order valence-corrected chi connectivity index (χ1v) is 19.9. The monoisotopic (exact) mass is 811 g/mol. The molecule has 10 N–H and O–H groups in total. The molecule has 3 unspecified atom stereocenters. The first-order valence-electron chi connectivity index (χ1n) is 19.9. The third-order valence-corrected chi connectivity index (χ3v) is 9.92. The number of nitrogens with zero attached hydrogens (tertiary/aromatic N) is 2. The van der Waals surface area contributed by atoms with Crippen LogP contribution in [0.4, 0.5) is 5.69 Å². The lowest BCUT2D eigenvalue weighted by Gasteiger charge is -2.31. The minimum Gasteiger partial charge on any atom is -0.492 e. The quantitative estimate of drug-likeness (QED) is 0.0914. The summed E-state index contributed by atoms with van der Waals surface area (Å²) in [5.41, 5.74) is 22.3. The highest BCUT2D eigenvalue weighted by Crippen LogP contribution is 2.40. The molecule has 4 bridgehead atoms. The highest BCUT2D eigenvalue weighted by atomic mass is 16.5. The molecule has 1 aliphatic heterocycles. The number of carbonyl (C=O) groups is 5. The highest BCUT2D eigenvalue weighted by molar-refractivity contribution is 5.97. The number of likely N-dealkylation sites (N-methyl/N-ethyl adjacent to an activating group) is 1. The van der Waals surface area contributed by atoms with Crippen molar-refractivity contribution in [2.75, 3.05) is 58.3 Å². The van der Waals surface area contributed by atoms with E-state index in [0.29, 0.717) is 39.4 Å². The van der Waals surface area contributed by atoms with Crippen molar-refractivity contribution >= 4 is 35.2 Å². The molecule has 0 saturated carbocycles. The second-order valence-electron chi connectivity index (χ2n) is 14.4. The van der Waals surface area contributed by atoms with Crippen LogP contribution in [-0.2, 0) is 36.8 Å². The number of rotatable bonds is 18. The number of unbranched alkanes of at least 4 members (excludes halogenated alkanes) is 1. The number of benzene rings is 3. The molecule has 0 fully saturated rings. The van der Waals surface area contributed by atoms with E-state index in [1.807, 2.05) is 31.2 Å². The molecule has 16 heteroatoms. The van der Waals surface area contributed by atoms with Crippen LogP contribution in [0.15, 0.2) is 54.6 Å². The van der Waals surface area contributed by atoms with E-state index in [2.05, 4.69) is 28.2 Å². The second-order valence-corrected chi connectivity index (χ2v) is 14.4. The SMILES string of the molecule is CCCCc1ccc(NC(=O)CC(CCN)C(=O)N(C)C2C(=O)NCC(=O)NC(C(=O)NCC#N)Cc3ccc(OCCN)c(c3)-c3cc2ccc3OCCN)c(C)c1. The van der Waals surface area contributed by atoms with E-state index < -0.39 is 48.2 Å². The van der Waals surface area contributed by atoms with Crippen LogP contribution in [0.1, 0.15) is 60.9 Å². The lowest BCUT2D eigenvalue weighted by molar-refractivity contribution is -0.143. The molecule has 0 radical (unpaired) electrons. The predicted molar refractivity (Wildman–Crippen MR) is 224 cm³/mol. The number of nitriles is 1.